The van der Waals surface area contributed by atoms with Gasteiger partial charge in [0.05, 0.1) is 20.6 Å². The molecule has 3 rings (SSSR count). The number of anilines is 1. The second kappa shape index (κ2) is 5.89. The van der Waals surface area contributed by atoms with Crippen LogP contribution < -0.4 is 5.32 Å². The molecule has 0 bridgehead atoms. The maximum atomic E-state index is 12.1. The van der Waals surface area contributed by atoms with Gasteiger partial charge < -0.3 is 5.32 Å². The molecule has 0 fully saturated rings. The maximum Gasteiger partial charge on any atom is 0.276 e. The van der Waals surface area contributed by atoms with Crippen LogP contribution in [0, 0.1) is 0 Å². The van der Waals surface area contributed by atoms with E-state index in [-0.39, 0.29) is 5.91 Å². The second-order valence-corrected chi connectivity index (χ2v) is 5.99. The van der Waals surface area contributed by atoms with Crippen LogP contribution in [0.25, 0.3) is 10.6 Å². The van der Waals surface area contributed by atoms with Gasteiger partial charge in [0.15, 0.2) is 5.69 Å². The van der Waals surface area contributed by atoms with E-state index in [9.17, 15) is 4.79 Å². The van der Waals surface area contributed by atoms with Crippen molar-refractivity contribution in [2.24, 2.45) is 0 Å². The Balaban J connectivity index is 1.78. The Morgan fingerprint density at radius 2 is 2.05 bits per heavy atom. The molecule has 0 saturated heterocycles. The van der Waals surface area contributed by atoms with Gasteiger partial charge >= 0.3 is 0 Å². The summed E-state index contributed by atoms with van der Waals surface area (Å²) in [7, 11) is 0. The molecule has 1 amide bonds. The number of halogens is 2. The molecule has 7 heteroatoms. The summed E-state index contributed by atoms with van der Waals surface area (Å²) in [5.74, 6) is -0.313. The number of benzene rings is 1. The largest absolute Gasteiger partial charge is 0.321 e. The predicted octanol–water partition coefficient (Wildman–Crippen LogP) is 4.70. The number of carbonyl (C=O) groups is 1. The van der Waals surface area contributed by atoms with Crippen LogP contribution in [0.4, 0.5) is 5.69 Å². The summed E-state index contributed by atoms with van der Waals surface area (Å²) in [6, 6.07) is 10.5. The van der Waals surface area contributed by atoms with Crippen LogP contribution in [0.15, 0.2) is 41.8 Å². The van der Waals surface area contributed by atoms with Crippen LogP contribution in [0.1, 0.15) is 10.5 Å². The van der Waals surface area contributed by atoms with E-state index in [1.807, 2.05) is 17.5 Å². The molecule has 0 atom stereocenters. The molecule has 0 aliphatic heterocycles. The first kappa shape index (κ1) is 14.1. The van der Waals surface area contributed by atoms with Crippen LogP contribution in [0.2, 0.25) is 10.0 Å². The quantitative estimate of drug-likeness (QED) is 0.727. The van der Waals surface area contributed by atoms with Gasteiger partial charge in [-0.25, -0.2) is 0 Å². The zero-order valence-electron chi connectivity index (χ0n) is 10.6. The molecule has 0 aliphatic carbocycles. The second-order valence-electron chi connectivity index (χ2n) is 4.23. The smallest absolute Gasteiger partial charge is 0.276 e. The molecular formula is C14H9Cl2N3OS. The van der Waals surface area contributed by atoms with Crippen molar-refractivity contribution in [3.8, 4) is 10.6 Å². The Bertz CT molecular complexity index is 783. The molecule has 4 nitrogen and oxygen atoms in total. The first-order valence-electron chi connectivity index (χ1n) is 5.99. The number of hydrogen-bond acceptors (Lipinski definition) is 3. The van der Waals surface area contributed by atoms with E-state index in [0.717, 1.165) is 10.6 Å². The molecule has 1 aromatic carbocycles. The summed E-state index contributed by atoms with van der Waals surface area (Å²) in [5, 5.41) is 12.4. The third kappa shape index (κ3) is 3.10. The lowest BCUT2D eigenvalue weighted by Gasteiger charge is -2.04. The van der Waals surface area contributed by atoms with Gasteiger partial charge in [0.1, 0.15) is 0 Å². The number of thiophene rings is 1. The summed E-state index contributed by atoms with van der Waals surface area (Å²) in [5.41, 5.74) is 1.68. The molecule has 0 radical (unpaired) electrons. The van der Waals surface area contributed by atoms with Gasteiger partial charge in [-0.15, -0.1) is 11.3 Å². The van der Waals surface area contributed by atoms with Crippen LogP contribution in [-0.4, -0.2) is 16.1 Å². The molecule has 2 aromatic heterocycles. The van der Waals surface area contributed by atoms with Gasteiger partial charge in [0.25, 0.3) is 5.91 Å². The number of hydrogen-bond donors (Lipinski definition) is 2. The Morgan fingerprint density at radius 1 is 1.19 bits per heavy atom. The maximum absolute atomic E-state index is 12.1. The number of nitrogens with zero attached hydrogens (tertiary/aromatic N) is 1. The first-order valence-corrected chi connectivity index (χ1v) is 7.63. The first-order chi connectivity index (χ1) is 10.1. The molecule has 2 N–H and O–H groups in total. The number of H-pyrrole nitrogens is 1. The van der Waals surface area contributed by atoms with Gasteiger partial charge in [0, 0.05) is 5.69 Å². The van der Waals surface area contributed by atoms with Gasteiger partial charge in [-0.3, -0.25) is 9.89 Å². The zero-order valence-corrected chi connectivity index (χ0v) is 12.9. The minimum Gasteiger partial charge on any atom is -0.321 e. The highest BCUT2D eigenvalue weighted by atomic mass is 35.5. The number of aromatic amines is 1. The summed E-state index contributed by atoms with van der Waals surface area (Å²) >= 11 is 13.3. The molecule has 0 spiro atoms. The van der Waals surface area contributed by atoms with Crippen molar-refractivity contribution in [3.63, 3.8) is 0 Å². The number of nitrogens with one attached hydrogen (secondary N) is 2. The van der Waals surface area contributed by atoms with E-state index >= 15 is 0 Å². The molecule has 0 saturated carbocycles. The minimum atomic E-state index is -0.313. The Hall–Kier alpha value is -1.82. The molecule has 21 heavy (non-hydrogen) atoms. The van der Waals surface area contributed by atoms with Crippen molar-refractivity contribution in [1.29, 1.82) is 0 Å². The number of rotatable bonds is 3. The van der Waals surface area contributed by atoms with E-state index in [0.29, 0.717) is 21.4 Å². The van der Waals surface area contributed by atoms with Gasteiger partial charge in [-0.2, -0.15) is 5.10 Å². The van der Waals surface area contributed by atoms with Crippen LogP contribution >= 0.6 is 34.5 Å². The van der Waals surface area contributed by atoms with Crippen molar-refractivity contribution in [2.45, 2.75) is 0 Å². The Kier molecular flexibility index (Phi) is 3.96. The summed E-state index contributed by atoms with van der Waals surface area (Å²) in [6.45, 7) is 0. The van der Waals surface area contributed by atoms with Crippen LogP contribution in [0.3, 0.4) is 0 Å². The fraction of sp³-hybridized carbons (Fsp3) is 0. The topological polar surface area (TPSA) is 57.8 Å². The summed E-state index contributed by atoms with van der Waals surface area (Å²) in [6.07, 6.45) is 0. The highest BCUT2D eigenvalue weighted by Crippen LogP contribution is 2.26. The molecule has 2 heterocycles. The Labute approximate surface area is 134 Å². The number of amides is 1. The average molecular weight is 338 g/mol. The molecule has 0 aliphatic rings. The molecule has 3 aromatic rings. The summed E-state index contributed by atoms with van der Waals surface area (Å²) in [4.78, 5) is 13.2. The SMILES string of the molecule is O=C(Nc1ccc(Cl)c(Cl)c1)c1cc(-c2cccs2)[nH]n1. The van der Waals surface area contributed by atoms with Crippen LogP contribution in [0.5, 0.6) is 0 Å². The third-order valence-electron chi connectivity index (χ3n) is 2.77. The third-order valence-corrected chi connectivity index (χ3v) is 4.42. The highest BCUT2D eigenvalue weighted by Gasteiger charge is 2.12. The molecule has 106 valence electrons. The number of carbonyl (C=O) groups excluding carboxylic acids is 1. The van der Waals surface area contributed by atoms with E-state index in [1.165, 1.54) is 0 Å². The Morgan fingerprint density at radius 3 is 2.76 bits per heavy atom. The van der Waals surface area contributed by atoms with Gasteiger partial charge in [-0.1, -0.05) is 29.3 Å². The van der Waals surface area contributed by atoms with Crippen molar-refractivity contribution in [2.75, 3.05) is 5.32 Å². The van der Waals surface area contributed by atoms with E-state index in [4.69, 9.17) is 23.2 Å². The minimum absolute atomic E-state index is 0.310. The molecular weight excluding hydrogens is 329 g/mol. The van der Waals surface area contributed by atoms with Crippen molar-refractivity contribution in [3.05, 3.63) is 57.5 Å². The monoisotopic (exact) mass is 337 g/mol. The predicted molar refractivity (Wildman–Crippen MR) is 86.3 cm³/mol. The lowest BCUT2D eigenvalue weighted by molar-refractivity contribution is 0.102. The molecule has 0 unspecified atom stereocenters. The van der Waals surface area contributed by atoms with Crippen LogP contribution in [-0.2, 0) is 0 Å². The fourth-order valence-corrected chi connectivity index (χ4v) is 2.76. The normalized spacial score (nSPS) is 10.6. The lowest BCUT2D eigenvalue weighted by Crippen LogP contribution is -2.12. The lowest BCUT2D eigenvalue weighted by atomic mass is 10.3. The van der Waals surface area contributed by atoms with E-state index in [2.05, 4.69) is 15.5 Å². The fourth-order valence-electron chi connectivity index (χ4n) is 1.77. The van der Waals surface area contributed by atoms with Gasteiger partial charge in [-0.05, 0) is 35.7 Å². The zero-order chi connectivity index (χ0) is 14.8. The summed E-state index contributed by atoms with van der Waals surface area (Å²) < 4.78 is 0. The van der Waals surface area contributed by atoms with Gasteiger partial charge in [0.2, 0.25) is 0 Å². The van der Waals surface area contributed by atoms with E-state index < -0.39 is 0 Å². The average Bonchev–Trinajstić information content (AvgIpc) is 3.12. The number of aromatic nitrogens is 2. The van der Waals surface area contributed by atoms with Crippen molar-refractivity contribution in [1.82, 2.24) is 10.2 Å². The van der Waals surface area contributed by atoms with Crippen molar-refractivity contribution >= 4 is 46.1 Å². The van der Waals surface area contributed by atoms with Crippen molar-refractivity contribution < 1.29 is 4.79 Å². The standard InChI is InChI=1S/C14H9Cl2N3OS/c15-9-4-3-8(6-10(9)16)17-14(20)12-7-11(18-19-12)13-2-1-5-21-13/h1-7H,(H,17,20)(H,18,19). The van der Waals surface area contributed by atoms with E-state index in [1.54, 1.807) is 35.6 Å². The highest BCUT2D eigenvalue weighted by molar-refractivity contribution is 7.13.